The van der Waals surface area contributed by atoms with E-state index in [1.54, 1.807) is 16.8 Å². The number of amides is 1. The SMILES string of the molecule is CC(=O)c1cnc2cc(C(=O)NC3(c4ccccc4)CCCC3)nn2c1C. The van der Waals surface area contributed by atoms with Gasteiger partial charge in [-0.2, -0.15) is 5.10 Å². The number of carbonyl (C=O) groups is 2. The average Bonchev–Trinajstić information content (AvgIpc) is 3.30. The summed E-state index contributed by atoms with van der Waals surface area (Å²) in [5.74, 6) is -0.285. The maximum Gasteiger partial charge on any atom is 0.272 e. The van der Waals surface area contributed by atoms with Gasteiger partial charge in [0, 0.05) is 12.3 Å². The second-order valence-corrected chi connectivity index (χ2v) is 7.22. The van der Waals surface area contributed by atoms with Crippen molar-refractivity contribution < 1.29 is 9.59 Å². The molecule has 1 saturated carbocycles. The summed E-state index contributed by atoms with van der Waals surface area (Å²) in [6, 6.07) is 11.8. The number of aryl methyl sites for hydroxylation is 1. The van der Waals surface area contributed by atoms with Crippen LogP contribution >= 0.6 is 0 Å². The normalized spacial score (nSPS) is 15.8. The summed E-state index contributed by atoms with van der Waals surface area (Å²) >= 11 is 0. The third kappa shape index (κ3) is 3.01. The lowest BCUT2D eigenvalue weighted by Crippen LogP contribution is -2.44. The summed E-state index contributed by atoms with van der Waals surface area (Å²) in [6.07, 6.45) is 5.55. The number of aromatic nitrogens is 3. The predicted molar refractivity (Wildman–Crippen MR) is 102 cm³/mol. The largest absolute Gasteiger partial charge is 0.341 e. The lowest BCUT2D eigenvalue weighted by molar-refractivity contribution is 0.0892. The molecule has 3 aromatic rings. The van der Waals surface area contributed by atoms with Gasteiger partial charge in [0.1, 0.15) is 0 Å². The van der Waals surface area contributed by atoms with Crippen molar-refractivity contribution >= 4 is 17.3 Å². The van der Waals surface area contributed by atoms with E-state index in [4.69, 9.17) is 0 Å². The van der Waals surface area contributed by atoms with Gasteiger partial charge in [0.05, 0.1) is 16.8 Å². The highest BCUT2D eigenvalue weighted by Crippen LogP contribution is 2.38. The molecule has 0 spiro atoms. The van der Waals surface area contributed by atoms with Crippen molar-refractivity contribution in [1.82, 2.24) is 19.9 Å². The number of fused-ring (bicyclic) bond motifs is 1. The van der Waals surface area contributed by atoms with Crippen LogP contribution in [-0.4, -0.2) is 26.3 Å². The lowest BCUT2D eigenvalue weighted by atomic mass is 9.88. The molecule has 2 aromatic heterocycles. The van der Waals surface area contributed by atoms with E-state index >= 15 is 0 Å². The Kier molecular flexibility index (Phi) is 4.26. The van der Waals surface area contributed by atoms with Crippen molar-refractivity contribution in [3.8, 4) is 0 Å². The van der Waals surface area contributed by atoms with Crippen molar-refractivity contribution in [2.75, 3.05) is 0 Å². The Labute approximate surface area is 157 Å². The Balaban J connectivity index is 1.68. The van der Waals surface area contributed by atoms with Crippen molar-refractivity contribution in [1.29, 1.82) is 0 Å². The Morgan fingerprint density at radius 2 is 1.85 bits per heavy atom. The summed E-state index contributed by atoms with van der Waals surface area (Å²) in [5.41, 5.74) is 2.85. The van der Waals surface area contributed by atoms with Crippen molar-refractivity contribution in [3.05, 3.63) is 65.1 Å². The molecule has 1 amide bonds. The molecule has 27 heavy (non-hydrogen) atoms. The minimum atomic E-state index is -0.346. The second kappa shape index (κ2) is 6.61. The number of benzene rings is 1. The molecule has 1 aliphatic rings. The monoisotopic (exact) mass is 362 g/mol. The number of rotatable bonds is 4. The molecule has 138 valence electrons. The van der Waals surface area contributed by atoms with Gasteiger partial charge in [0.15, 0.2) is 17.1 Å². The van der Waals surface area contributed by atoms with Gasteiger partial charge in [-0.05, 0) is 32.3 Å². The van der Waals surface area contributed by atoms with Crippen LogP contribution in [0.3, 0.4) is 0 Å². The highest BCUT2D eigenvalue weighted by atomic mass is 16.2. The van der Waals surface area contributed by atoms with Gasteiger partial charge in [-0.1, -0.05) is 43.2 Å². The van der Waals surface area contributed by atoms with Gasteiger partial charge in [-0.15, -0.1) is 0 Å². The van der Waals surface area contributed by atoms with E-state index in [1.165, 1.54) is 6.92 Å². The molecule has 1 N–H and O–H groups in total. The van der Waals surface area contributed by atoms with Gasteiger partial charge in [-0.3, -0.25) is 9.59 Å². The molecule has 0 atom stereocenters. The van der Waals surface area contributed by atoms with Crippen LogP contribution in [0.25, 0.3) is 5.65 Å². The van der Waals surface area contributed by atoms with Crippen LogP contribution in [0.2, 0.25) is 0 Å². The fourth-order valence-electron chi connectivity index (χ4n) is 4.01. The van der Waals surface area contributed by atoms with Crippen LogP contribution in [0.1, 0.15) is 64.7 Å². The summed E-state index contributed by atoms with van der Waals surface area (Å²) in [6.45, 7) is 3.30. The fourth-order valence-corrected chi connectivity index (χ4v) is 4.01. The summed E-state index contributed by atoms with van der Waals surface area (Å²) in [5, 5.41) is 7.65. The highest BCUT2D eigenvalue weighted by molar-refractivity contribution is 5.96. The van der Waals surface area contributed by atoms with Crippen molar-refractivity contribution in [2.24, 2.45) is 0 Å². The van der Waals surface area contributed by atoms with E-state index in [0.29, 0.717) is 22.6 Å². The first kappa shape index (κ1) is 17.4. The molecule has 4 rings (SSSR count). The molecule has 6 nitrogen and oxygen atoms in total. The number of ketones is 1. The quantitative estimate of drug-likeness (QED) is 0.721. The highest BCUT2D eigenvalue weighted by Gasteiger charge is 2.37. The Hall–Kier alpha value is -3.02. The first-order chi connectivity index (χ1) is 13.0. The number of hydrogen-bond acceptors (Lipinski definition) is 4. The summed E-state index contributed by atoms with van der Waals surface area (Å²) < 4.78 is 1.56. The molecule has 0 bridgehead atoms. The molecule has 0 unspecified atom stereocenters. The molecule has 6 heteroatoms. The molecule has 1 aliphatic carbocycles. The van der Waals surface area contributed by atoms with Gasteiger partial charge in [-0.25, -0.2) is 9.50 Å². The molecule has 0 saturated heterocycles. The Morgan fingerprint density at radius 1 is 1.15 bits per heavy atom. The minimum absolute atomic E-state index is 0.0719. The number of nitrogens with zero attached hydrogens (tertiary/aromatic N) is 3. The van der Waals surface area contributed by atoms with Crippen LogP contribution in [0.5, 0.6) is 0 Å². The van der Waals surface area contributed by atoms with E-state index in [2.05, 4.69) is 27.5 Å². The van der Waals surface area contributed by atoms with E-state index in [9.17, 15) is 9.59 Å². The average molecular weight is 362 g/mol. The first-order valence-electron chi connectivity index (χ1n) is 9.24. The van der Waals surface area contributed by atoms with Crippen LogP contribution in [0.15, 0.2) is 42.6 Å². The Bertz CT molecular complexity index is 1020. The smallest absolute Gasteiger partial charge is 0.272 e. The number of nitrogens with one attached hydrogen (secondary N) is 1. The summed E-state index contributed by atoms with van der Waals surface area (Å²) in [4.78, 5) is 29.0. The number of Topliss-reactive ketones (excluding diaryl/α,β-unsaturated/α-hetero) is 1. The minimum Gasteiger partial charge on any atom is -0.341 e. The lowest BCUT2D eigenvalue weighted by Gasteiger charge is -2.30. The van der Waals surface area contributed by atoms with E-state index in [0.717, 1.165) is 31.2 Å². The molecule has 2 heterocycles. The standard InChI is InChI=1S/C21H22N4O2/c1-14-17(15(2)26)13-22-19-12-18(24-25(14)19)20(27)23-21(10-6-7-11-21)16-8-4-3-5-9-16/h3-5,8-9,12-13H,6-7,10-11H2,1-2H3,(H,23,27). The number of hydrogen-bond donors (Lipinski definition) is 1. The van der Waals surface area contributed by atoms with Gasteiger partial charge in [0.25, 0.3) is 5.91 Å². The molecular weight excluding hydrogens is 340 g/mol. The van der Waals surface area contributed by atoms with Gasteiger partial charge in [0.2, 0.25) is 0 Å². The molecule has 0 aliphatic heterocycles. The first-order valence-corrected chi connectivity index (χ1v) is 9.24. The maximum absolute atomic E-state index is 13.0. The maximum atomic E-state index is 13.0. The van der Waals surface area contributed by atoms with Gasteiger partial charge < -0.3 is 5.32 Å². The van der Waals surface area contributed by atoms with E-state index < -0.39 is 0 Å². The van der Waals surface area contributed by atoms with Crippen molar-refractivity contribution in [3.63, 3.8) is 0 Å². The van der Waals surface area contributed by atoms with E-state index in [-0.39, 0.29) is 17.2 Å². The third-order valence-electron chi connectivity index (χ3n) is 5.47. The molecular formula is C21H22N4O2. The third-order valence-corrected chi connectivity index (χ3v) is 5.47. The van der Waals surface area contributed by atoms with E-state index in [1.807, 2.05) is 25.1 Å². The number of carbonyl (C=O) groups excluding carboxylic acids is 2. The topological polar surface area (TPSA) is 76.4 Å². The van der Waals surface area contributed by atoms with Crippen LogP contribution < -0.4 is 5.32 Å². The van der Waals surface area contributed by atoms with Crippen LogP contribution in [0.4, 0.5) is 0 Å². The second-order valence-electron chi connectivity index (χ2n) is 7.22. The van der Waals surface area contributed by atoms with Crippen molar-refractivity contribution in [2.45, 2.75) is 45.1 Å². The summed E-state index contributed by atoms with van der Waals surface area (Å²) in [7, 11) is 0. The van der Waals surface area contributed by atoms with Crippen LogP contribution in [-0.2, 0) is 5.54 Å². The fraction of sp³-hybridized carbons (Fsp3) is 0.333. The zero-order valence-electron chi connectivity index (χ0n) is 15.5. The Morgan fingerprint density at radius 3 is 2.52 bits per heavy atom. The molecule has 0 radical (unpaired) electrons. The zero-order chi connectivity index (χ0) is 19.0. The van der Waals surface area contributed by atoms with Crippen LogP contribution in [0, 0.1) is 6.92 Å². The zero-order valence-corrected chi connectivity index (χ0v) is 15.5. The molecule has 1 fully saturated rings. The molecule has 1 aromatic carbocycles. The van der Waals surface area contributed by atoms with Gasteiger partial charge >= 0.3 is 0 Å². The predicted octanol–water partition coefficient (Wildman–Crippen LogP) is 3.44.